The molecule has 1 aliphatic rings. The molecule has 7 nitrogen and oxygen atoms in total. The van der Waals surface area contributed by atoms with Crippen LogP contribution in [0.15, 0.2) is 29.5 Å². The Kier molecular flexibility index (Phi) is 6.24. The zero-order valence-electron chi connectivity index (χ0n) is 15.8. The van der Waals surface area contributed by atoms with Crippen molar-refractivity contribution in [2.75, 3.05) is 27.8 Å². The summed E-state index contributed by atoms with van der Waals surface area (Å²) in [6.45, 7) is 0.412. The molecular formula is C18H22F2N2O5. The molecule has 0 fully saturated rings. The van der Waals surface area contributed by atoms with Gasteiger partial charge < -0.3 is 24.0 Å². The summed E-state index contributed by atoms with van der Waals surface area (Å²) in [4.78, 5) is 27.8. The maximum atomic E-state index is 12.7. The number of allylic oxidation sites excluding steroid dienone is 1. The number of ether oxygens (including phenoxy) is 3. The summed E-state index contributed by atoms with van der Waals surface area (Å²) in [6, 6.07) is 3.19. The first-order valence-corrected chi connectivity index (χ1v) is 8.24. The number of hydrogen-bond donors (Lipinski definition) is 0. The Bertz CT molecular complexity index is 766. The van der Waals surface area contributed by atoms with Gasteiger partial charge >= 0.3 is 18.6 Å². The lowest BCUT2D eigenvalue weighted by atomic mass is 9.93. The molecule has 0 saturated carbocycles. The van der Waals surface area contributed by atoms with Crippen LogP contribution >= 0.6 is 0 Å². The molecule has 0 unspecified atom stereocenters. The van der Waals surface area contributed by atoms with Crippen molar-refractivity contribution in [1.82, 2.24) is 9.80 Å². The van der Waals surface area contributed by atoms with Crippen LogP contribution in [-0.4, -0.2) is 56.2 Å². The van der Waals surface area contributed by atoms with Crippen molar-refractivity contribution < 1.29 is 32.6 Å². The van der Waals surface area contributed by atoms with Crippen LogP contribution < -0.4 is 9.47 Å². The van der Waals surface area contributed by atoms with Gasteiger partial charge in [-0.1, -0.05) is 6.07 Å². The Morgan fingerprint density at radius 3 is 2.48 bits per heavy atom. The van der Waals surface area contributed by atoms with E-state index in [9.17, 15) is 18.4 Å². The lowest BCUT2D eigenvalue weighted by Crippen LogP contribution is -2.47. The van der Waals surface area contributed by atoms with Gasteiger partial charge in [0.05, 0.1) is 25.3 Å². The predicted octanol–water partition coefficient (Wildman–Crippen LogP) is 3.17. The number of esters is 1. The Labute approximate surface area is 156 Å². The third kappa shape index (κ3) is 3.96. The molecule has 0 N–H and O–H groups in total. The number of likely N-dealkylation sites (N-methyl/N-ethyl adjacent to an activating group) is 1. The van der Waals surface area contributed by atoms with E-state index in [0.29, 0.717) is 11.3 Å². The largest absolute Gasteiger partial charge is 0.493 e. The monoisotopic (exact) mass is 384 g/mol. The van der Waals surface area contributed by atoms with Crippen molar-refractivity contribution in [3.63, 3.8) is 0 Å². The van der Waals surface area contributed by atoms with Crippen LogP contribution in [0.3, 0.4) is 0 Å². The molecule has 0 aliphatic carbocycles. The van der Waals surface area contributed by atoms with E-state index in [2.05, 4.69) is 4.74 Å². The number of halogens is 2. The second-order valence-electron chi connectivity index (χ2n) is 5.86. The van der Waals surface area contributed by atoms with E-state index in [-0.39, 0.29) is 29.7 Å². The summed E-state index contributed by atoms with van der Waals surface area (Å²) >= 11 is 0. The molecule has 0 saturated heterocycles. The first-order chi connectivity index (χ1) is 12.7. The fraction of sp³-hybridized carbons (Fsp3) is 0.444. The number of urea groups is 1. The van der Waals surface area contributed by atoms with Crippen molar-refractivity contribution in [2.24, 2.45) is 0 Å². The van der Waals surface area contributed by atoms with E-state index < -0.39 is 18.6 Å². The minimum absolute atomic E-state index is 0.111. The van der Waals surface area contributed by atoms with Crippen LogP contribution in [-0.2, 0) is 9.53 Å². The maximum Gasteiger partial charge on any atom is 0.387 e. The molecule has 1 aliphatic heterocycles. The molecule has 148 valence electrons. The molecule has 9 heteroatoms. The van der Waals surface area contributed by atoms with Gasteiger partial charge in [0.15, 0.2) is 11.5 Å². The maximum absolute atomic E-state index is 12.7. The van der Waals surface area contributed by atoms with Crippen molar-refractivity contribution in [1.29, 1.82) is 0 Å². The van der Waals surface area contributed by atoms with Gasteiger partial charge in [0.1, 0.15) is 0 Å². The summed E-state index contributed by atoms with van der Waals surface area (Å²) in [5, 5.41) is 0. The highest BCUT2D eigenvalue weighted by molar-refractivity contribution is 5.95. The number of benzene rings is 1. The Morgan fingerprint density at radius 1 is 1.26 bits per heavy atom. The number of hydrogen-bond acceptors (Lipinski definition) is 5. The van der Waals surface area contributed by atoms with Crippen LogP contribution in [0.25, 0.3) is 0 Å². The first kappa shape index (κ1) is 20.5. The highest BCUT2D eigenvalue weighted by atomic mass is 19.3. The smallest absolute Gasteiger partial charge is 0.387 e. The molecule has 1 aromatic carbocycles. The topological polar surface area (TPSA) is 68.3 Å². The van der Waals surface area contributed by atoms with Gasteiger partial charge in [0, 0.05) is 19.8 Å². The fourth-order valence-corrected chi connectivity index (χ4v) is 2.97. The highest BCUT2D eigenvalue weighted by Crippen LogP contribution is 2.39. The van der Waals surface area contributed by atoms with E-state index in [0.717, 1.165) is 0 Å². The molecule has 0 bridgehead atoms. The zero-order valence-corrected chi connectivity index (χ0v) is 15.8. The number of carbonyl (C=O) groups is 2. The second kappa shape index (κ2) is 8.24. The second-order valence-corrected chi connectivity index (χ2v) is 5.86. The fourth-order valence-electron chi connectivity index (χ4n) is 2.97. The number of amides is 2. The van der Waals surface area contributed by atoms with Crippen molar-refractivity contribution in [3.8, 4) is 11.5 Å². The Balaban J connectivity index is 2.61. The van der Waals surface area contributed by atoms with Crippen LogP contribution in [0, 0.1) is 0 Å². The summed E-state index contributed by atoms with van der Waals surface area (Å²) in [7, 11) is 4.39. The van der Waals surface area contributed by atoms with Gasteiger partial charge in [-0.25, -0.2) is 9.59 Å². The van der Waals surface area contributed by atoms with Crippen molar-refractivity contribution in [2.45, 2.75) is 26.5 Å². The average Bonchev–Trinajstić information content (AvgIpc) is 2.62. The van der Waals surface area contributed by atoms with Crippen molar-refractivity contribution >= 4 is 12.0 Å². The van der Waals surface area contributed by atoms with E-state index >= 15 is 0 Å². The molecule has 27 heavy (non-hydrogen) atoms. The molecule has 1 heterocycles. The molecule has 0 aromatic heterocycles. The number of methoxy groups -OCH3 is 1. The van der Waals surface area contributed by atoms with Gasteiger partial charge in [0.25, 0.3) is 0 Å². The number of rotatable bonds is 6. The van der Waals surface area contributed by atoms with Crippen LogP contribution in [0.1, 0.15) is 25.5 Å². The van der Waals surface area contributed by atoms with E-state index in [1.54, 1.807) is 27.0 Å². The third-order valence-electron chi connectivity index (χ3n) is 4.36. The highest BCUT2D eigenvalue weighted by Gasteiger charge is 2.39. The predicted molar refractivity (Wildman–Crippen MR) is 92.6 cm³/mol. The molecule has 0 radical (unpaired) electrons. The SMILES string of the molecule is CCOC(=O)C1=C(C)N(C)C(=O)N(C)[C@@H]1c1ccc(OC)c(OC(F)F)c1. The van der Waals surface area contributed by atoms with Gasteiger partial charge in [-0.3, -0.25) is 0 Å². The molecule has 1 aromatic rings. The minimum Gasteiger partial charge on any atom is -0.493 e. The standard InChI is InChI=1S/C18H22F2N2O5/c1-6-26-16(23)14-10(2)21(3)18(24)22(4)15(14)11-7-8-12(25-5)13(9-11)27-17(19)20/h7-9,15,17H,6H2,1-5H3/t15-/m1/s1. The Morgan fingerprint density at radius 2 is 1.93 bits per heavy atom. The summed E-state index contributed by atoms with van der Waals surface area (Å²) in [6.07, 6.45) is 0. The quantitative estimate of drug-likeness (QED) is 0.705. The van der Waals surface area contributed by atoms with Crippen LogP contribution in [0.5, 0.6) is 11.5 Å². The molecule has 0 spiro atoms. The van der Waals surface area contributed by atoms with Gasteiger partial charge in [0.2, 0.25) is 0 Å². The normalized spacial score (nSPS) is 17.5. The zero-order chi connectivity index (χ0) is 20.3. The molecule has 2 amide bonds. The minimum atomic E-state index is -3.05. The summed E-state index contributed by atoms with van der Waals surface area (Å²) in [5.41, 5.74) is 1.08. The van der Waals surface area contributed by atoms with Gasteiger partial charge in [-0.15, -0.1) is 0 Å². The summed E-state index contributed by atoms with van der Waals surface area (Å²) < 4.78 is 40.2. The number of nitrogens with zero attached hydrogens (tertiary/aromatic N) is 2. The summed E-state index contributed by atoms with van der Waals surface area (Å²) in [5.74, 6) is -0.664. The van der Waals surface area contributed by atoms with Gasteiger partial charge in [-0.05, 0) is 31.5 Å². The lowest BCUT2D eigenvalue weighted by molar-refractivity contribution is -0.139. The molecule has 2 rings (SSSR count). The van der Waals surface area contributed by atoms with E-state index in [1.807, 2.05) is 0 Å². The lowest BCUT2D eigenvalue weighted by Gasteiger charge is -2.39. The van der Waals surface area contributed by atoms with Crippen LogP contribution in [0.2, 0.25) is 0 Å². The van der Waals surface area contributed by atoms with Gasteiger partial charge in [-0.2, -0.15) is 8.78 Å². The average molecular weight is 384 g/mol. The van der Waals surface area contributed by atoms with Crippen molar-refractivity contribution in [3.05, 3.63) is 35.0 Å². The van der Waals surface area contributed by atoms with E-state index in [4.69, 9.17) is 9.47 Å². The third-order valence-corrected chi connectivity index (χ3v) is 4.36. The number of alkyl halides is 2. The number of carbonyl (C=O) groups excluding carboxylic acids is 2. The first-order valence-electron chi connectivity index (χ1n) is 8.24. The van der Waals surface area contributed by atoms with E-state index in [1.165, 1.54) is 36.1 Å². The Hall–Kier alpha value is -2.84. The molecular weight excluding hydrogens is 362 g/mol. The molecule has 1 atom stereocenters. The van der Waals surface area contributed by atoms with Crippen LogP contribution in [0.4, 0.5) is 13.6 Å².